The van der Waals surface area contributed by atoms with Crippen molar-refractivity contribution >= 4 is 0 Å². The first kappa shape index (κ1) is 11.0. The van der Waals surface area contributed by atoms with Crippen LogP contribution < -0.4 is 5.73 Å². The zero-order valence-corrected chi connectivity index (χ0v) is 9.42. The molecule has 1 fully saturated rings. The predicted molar refractivity (Wildman–Crippen MR) is 58.5 cm³/mol. The maximum Gasteiger partial charge on any atom is -0.00487 e. The molecule has 0 aromatic heterocycles. The van der Waals surface area contributed by atoms with E-state index in [1.165, 1.54) is 25.7 Å². The molecule has 0 aliphatic heterocycles. The lowest BCUT2D eigenvalue weighted by Gasteiger charge is -2.42. The summed E-state index contributed by atoms with van der Waals surface area (Å²) in [5, 5.41) is 0. The van der Waals surface area contributed by atoms with Gasteiger partial charge in [0.05, 0.1) is 0 Å². The lowest BCUT2D eigenvalue weighted by atomic mass is 9.64. The summed E-state index contributed by atoms with van der Waals surface area (Å²) >= 11 is 0. The van der Waals surface area contributed by atoms with Crippen LogP contribution in [0, 0.1) is 23.7 Å². The van der Waals surface area contributed by atoms with Crippen molar-refractivity contribution in [1.82, 2.24) is 0 Å². The molecule has 0 heterocycles. The van der Waals surface area contributed by atoms with Crippen molar-refractivity contribution in [3.8, 4) is 0 Å². The second kappa shape index (κ2) is 4.99. The van der Waals surface area contributed by atoms with Crippen LogP contribution in [-0.2, 0) is 0 Å². The molecule has 2 unspecified atom stereocenters. The first-order valence-corrected chi connectivity index (χ1v) is 5.92. The third kappa shape index (κ3) is 2.46. The highest BCUT2D eigenvalue weighted by molar-refractivity contribution is 4.86. The summed E-state index contributed by atoms with van der Waals surface area (Å²) in [5.74, 6) is 3.72. The topological polar surface area (TPSA) is 26.0 Å². The molecule has 1 rings (SSSR count). The van der Waals surface area contributed by atoms with Crippen LogP contribution in [0.2, 0.25) is 0 Å². The molecule has 0 amide bonds. The van der Waals surface area contributed by atoms with Crippen molar-refractivity contribution in [1.29, 1.82) is 0 Å². The van der Waals surface area contributed by atoms with E-state index in [0.717, 1.165) is 30.2 Å². The van der Waals surface area contributed by atoms with E-state index in [2.05, 4.69) is 20.8 Å². The zero-order chi connectivity index (χ0) is 9.84. The molecular formula is C12H25N. The van der Waals surface area contributed by atoms with Crippen molar-refractivity contribution in [2.24, 2.45) is 29.4 Å². The largest absolute Gasteiger partial charge is 0.330 e. The third-order valence-corrected chi connectivity index (χ3v) is 4.06. The Bertz CT molecular complexity index is 138. The highest BCUT2D eigenvalue weighted by Crippen LogP contribution is 2.43. The number of hydrogen-bond donors (Lipinski definition) is 1. The molecule has 0 spiro atoms. The van der Waals surface area contributed by atoms with Gasteiger partial charge in [-0.25, -0.2) is 0 Å². The predicted octanol–water partition coefficient (Wildman–Crippen LogP) is 3.04. The molecule has 13 heavy (non-hydrogen) atoms. The van der Waals surface area contributed by atoms with Crippen molar-refractivity contribution in [3.05, 3.63) is 0 Å². The fourth-order valence-corrected chi connectivity index (χ4v) is 2.83. The van der Waals surface area contributed by atoms with Gasteiger partial charge in [-0.05, 0) is 43.1 Å². The van der Waals surface area contributed by atoms with Gasteiger partial charge in [-0.2, -0.15) is 0 Å². The molecule has 1 aliphatic carbocycles. The van der Waals surface area contributed by atoms with Gasteiger partial charge in [-0.1, -0.05) is 33.6 Å². The van der Waals surface area contributed by atoms with Gasteiger partial charge in [-0.15, -0.1) is 0 Å². The minimum atomic E-state index is 0.850. The molecule has 2 atom stereocenters. The lowest BCUT2D eigenvalue weighted by molar-refractivity contribution is 0.0893. The van der Waals surface area contributed by atoms with Crippen LogP contribution in [0.25, 0.3) is 0 Å². The maximum atomic E-state index is 5.65. The Morgan fingerprint density at radius 1 is 1.23 bits per heavy atom. The fourth-order valence-electron chi connectivity index (χ4n) is 2.83. The van der Waals surface area contributed by atoms with Crippen molar-refractivity contribution in [3.63, 3.8) is 0 Å². The van der Waals surface area contributed by atoms with Crippen molar-refractivity contribution < 1.29 is 0 Å². The maximum absolute atomic E-state index is 5.65. The average molecular weight is 183 g/mol. The van der Waals surface area contributed by atoms with Gasteiger partial charge >= 0.3 is 0 Å². The summed E-state index contributed by atoms with van der Waals surface area (Å²) in [7, 11) is 0. The molecule has 1 nitrogen and oxygen atoms in total. The van der Waals surface area contributed by atoms with Crippen LogP contribution in [0.4, 0.5) is 0 Å². The molecule has 1 saturated carbocycles. The highest BCUT2D eigenvalue weighted by Gasteiger charge is 2.34. The van der Waals surface area contributed by atoms with E-state index in [1.54, 1.807) is 0 Å². The molecule has 0 radical (unpaired) electrons. The van der Waals surface area contributed by atoms with Crippen LogP contribution in [-0.4, -0.2) is 6.54 Å². The summed E-state index contributed by atoms with van der Waals surface area (Å²) in [6.45, 7) is 7.97. The molecule has 1 aliphatic rings. The SMILES string of the molecule is CCC(C)C(CC)C1CC(CN)C1. The zero-order valence-electron chi connectivity index (χ0n) is 9.42. The van der Waals surface area contributed by atoms with Gasteiger partial charge in [0.2, 0.25) is 0 Å². The van der Waals surface area contributed by atoms with Gasteiger partial charge in [0.25, 0.3) is 0 Å². The molecule has 0 saturated heterocycles. The fraction of sp³-hybridized carbons (Fsp3) is 1.00. The molecule has 0 aromatic rings. The van der Waals surface area contributed by atoms with Crippen molar-refractivity contribution in [2.75, 3.05) is 6.54 Å². The Balaban J connectivity index is 2.32. The Labute approximate surface area is 83.1 Å². The van der Waals surface area contributed by atoms with Crippen LogP contribution in [0.1, 0.15) is 46.5 Å². The van der Waals surface area contributed by atoms with Gasteiger partial charge in [0.1, 0.15) is 0 Å². The van der Waals surface area contributed by atoms with Crippen LogP contribution in [0.15, 0.2) is 0 Å². The number of rotatable bonds is 5. The number of hydrogen-bond acceptors (Lipinski definition) is 1. The Hall–Kier alpha value is -0.0400. The van der Waals surface area contributed by atoms with E-state index in [0.29, 0.717) is 0 Å². The molecule has 0 aromatic carbocycles. The monoisotopic (exact) mass is 183 g/mol. The summed E-state index contributed by atoms with van der Waals surface area (Å²) < 4.78 is 0. The quantitative estimate of drug-likeness (QED) is 0.696. The van der Waals surface area contributed by atoms with Crippen molar-refractivity contribution in [2.45, 2.75) is 46.5 Å². The Morgan fingerprint density at radius 3 is 2.23 bits per heavy atom. The summed E-state index contributed by atoms with van der Waals surface area (Å²) in [4.78, 5) is 0. The normalized spacial score (nSPS) is 32.3. The second-order valence-corrected chi connectivity index (χ2v) is 4.79. The van der Waals surface area contributed by atoms with Gasteiger partial charge in [-0.3, -0.25) is 0 Å². The van der Waals surface area contributed by atoms with E-state index < -0.39 is 0 Å². The summed E-state index contributed by atoms with van der Waals surface area (Å²) in [5.41, 5.74) is 5.65. The van der Waals surface area contributed by atoms with Crippen LogP contribution in [0.5, 0.6) is 0 Å². The molecular weight excluding hydrogens is 158 g/mol. The average Bonchev–Trinajstić information content (AvgIpc) is 2.09. The van der Waals surface area contributed by atoms with E-state index >= 15 is 0 Å². The van der Waals surface area contributed by atoms with Gasteiger partial charge in [0.15, 0.2) is 0 Å². The molecule has 1 heteroatoms. The van der Waals surface area contributed by atoms with E-state index in [4.69, 9.17) is 5.73 Å². The summed E-state index contributed by atoms with van der Waals surface area (Å²) in [6, 6.07) is 0. The second-order valence-electron chi connectivity index (χ2n) is 4.79. The van der Waals surface area contributed by atoms with Gasteiger partial charge < -0.3 is 5.73 Å². The van der Waals surface area contributed by atoms with E-state index in [9.17, 15) is 0 Å². The molecule has 2 N–H and O–H groups in total. The van der Waals surface area contributed by atoms with Crippen LogP contribution >= 0.6 is 0 Å². The minimum Gasteiger partial charge on any atom is -0.330 e. The highest BCUT2D eigenvalue weighted by atomic mass is 14.6. The standard InChI is InChI=1S/C12H25N/c1-4-9(3)12(5-2)11-6-10(7-11)8-13/h9-12H,4-8,13H2,1-3H3. The first-order valence-electron chi connectivity index (χ1n) is 5.92. The minimum absolute atomic E-state index is 0.850. The molecule has 0 bridgehead atoms. The third-order valence-electron chi connectivity index (χ3n) is 4.06. The Kier molecular flexibility index (Phi) is 4.24. The van der Waals surface area contributed by atoms with Gasteiger partial charge in [0, 0.05) is 0 Å². The Morgan fingerprint density at radius 2 is 1.85 bits per heavy atom. The summed E-state index contributed by atoms with van der Waals surface area (Å²) in [6.07, 6.45) is 5.50. The van der Waals surface area contributed by atoms with E-state index in [1.807, 2.05) is 0 Å². The first-order chi connectivity index (χ1) is 6.22. The number of nitrogens with two attached hydrogens (primary N) is 1. The molecule has 78 valence electrons. The van der Waals surface area contributed by atoms with Crippen LogP contribution in [0.3, 0.4) is 0 Å². The lowest BCUT2D eigenvalue weighted by Crippen LogP contribution is -2.36. The van der Waals surface area contributed by atoms with E-state index in [-0.39, 0.29) is 0 Å². The smallest absolute Gasteiger partial charge is 0.00487 e.